The number of aliphatic hydroxyl groups excluding tert-OH is 1. The molecule has 0 saturated carbocycles. The van der Waals surface area contributed by atoms with Crippen LogP contribution in [0.4, 0.5) is 0 Å². The van der Waals surface area contributed by atoms with E-state index in [0.29, 0.717) is 25.9 Å². The third-order valence-electron chi connectivity index (χ3n) is 4.37. The first-order valence-corrected chi connectivity index (χ1v) is 7.99. The van der Waals surface area contributed by atoms with Gasteiger partial charge in [-0.1, -0.05) is 30.3 Å². The van der Waals surface area contributed by atoms with E-state index in [9.17, 15) is 9.90 Å². The molecular weight excluding hydrogens is 290 g/mol. The molecule has 2 aromatic rings. The van der Waals surface area contributed by atoms with E-state index in [0.717, 1.165) is 17.7 Å². The Balaban J connectivity index is 1.54. The summed E-state index contributed by atoms with van der Waals surface area (Å²) in [5.74, 6) is 0.182. The number of aliphatic hydroxyl groups is 1. The van der Waals surface area contributed by atoms with Crippen LogP contribution in [0.1, 0.15) is 30.0 Å². The van der Waals surface area contributed by atoms with E-state index in [-0.39, 0.29) is 11.8 Å². The Kier molecular flexibility index (Phi) is 4.98. The van der Waals surface area contributed by atoms with Gasteiger partial charge in [0.2, 0.25) is 5.91 Å². The summed E-state index contributed by atoms with van der Waals surface area (Å²) in [6.45, 7) is 1.09. The smallest absolute Gasteiger partial charge is 0.223 e. The Morgan fingerprint density at radius 1 is 1.26 bits per heavy atom. The van der Waals surface area contributed by atoms with Crippen molar-refractivity contribution < 1.29 is 9.90 Å². The molecule has 1 N–H and O–H groups in total. The fourth-order valence-electron chi connectivity index (χ4n) is 3.10. The molecule has 120 valence electrons. The van der Waals surface area contributed by atoms with Crippen molar-refractivity contribution in [2.24, 2.45) is 0 Å². The number of β-amino-alcohol motifs (C(OH)–C–C–N with tert-alkyl or cyclic N) is 1. The van der Waals surface area contributed by atoms with Crippen molar-refractivity contribution in [3.8, 4) is 0 Å². The average Bonchev–Trinajstić information content (AvgIpc) is 2.61. The van der Waals surface area contributed by atoms with E-state index in [1.165, 1.54) is 0 Å². The first-order valence-electron chi connectivity index (χ1n) is 7.99. The van der Waals surface area contributed by atoms with Crippen LogP contribution in [-0.4, -0.2) is 45.1 Å². The van der Waals surface area contributed by atoms with Crippen molar-refractivity contribution in [1.29, 1.82) is 0 Å². The summed E-state index contributed by atoms with van der Waals surface area (Å²) in [5, 5.41) is 10.4. The van der Waals surface area contributed by atoms with Crippen molar-refractivity contribution >= 4 is 5.91 Å². The summed E-state index contributed by atoms with van der Waals surface area (Å²) in [6.07, 6.45) is 6.21. The molecule has 5 nitrogen and oxygen atoms in total. The lowest BCUT2D eigenvalue weighted by Gasteiger charge is -2.36. The molecule has 2 atom stereocenters. The number of hydrogen-bond acceptors (Lipinski definition) is 4. The number of hydrogen-bond donors (Lipinski definition) is 1. The van der Waals surface area contributed by atoms with Crippen LogP contribution in [-0.2, 0) is 11.2 Å². The van der Waals surface area contributed by atoms with Gasteiger partial charge >= 0.3 is 0 Å². The third-order valence-corrected chi connectivity index (χ3v) is 4.37. The zero-order valence-corrected chi connectivity index (χ0v) is 13.0. The molecule has 0 aliphatic carbocycles. The minimum Gasteiger partial charge on any atom is -0.391 e. The summed E-state index contributed by atoms with van der Waals surface area (Å²) >= 11 is 0. The Labute approximate surface area is 136 Å². The predicted molar refractivity (Wildman–Crippen MR) is 86.7 cm³/mol. The lowest BCUT2D eigenvalue weighted by molar-refractivity contribution is -0.134. The molecule has 0 bridgehead atoms. The first-order chi connectivity index (χ1) is 11.2. The van der Waals surface area contributed by atoms with Crippen LogP contribution in [0.2, 0.25) is 0 Å². The molecule has 1 aliphatic rings. The minimum atomic E-state index is -0.508. The summed E-state index contributed by atoms with van der Waals surface area (Å²) < 4.78 is 0. The van der Waals surface area contributed by atoms with E-state index in [4.69, 9.17) is 0 Å². The first kappa shape index (κ1) is 15.6. The van der Waals surface area contributed by atoms with Crippen LogP contribution in [0.3, 0.4) is 0 Å². The molecule has 1 aliphatic heterocycles. The molecule has 2 heterocycles. The lowest BCUT2D eigenvalue weighted by Crippen LogP contribution is -2.45. The molecule has 23 heavy (non-hydrogen) atoms. The highest BCUT2D eigenvalue weighted by molar-refractivity contribution is 5.76. The summed E-state index contributed by atoms with van der Waals surface area (Å²) in [5.41, 5.74) is 1.97. The number of amides is 1. The Morgan fingerprint density at radius 3 is 2.78 bits per heavy atom. The van der Waals surface area contributed by atoms with Gasteiger partial charge in [0.05, 0.1) is 11.8 Å². The fraction of sp³-hybridized carbons (Fsp3) is 0.389. The molecule has 0 radical (unpaired) electrons. The molecular formula is C18H21N3O2. The molecule has 1 aromatic carbocycles. The van der Waals surface area contributed by atoms with Gasteiger partial charge in [0.1, 0.15) is 0 Å². The van der Waals surface area contributed by atoms with Gasteiger partial charge in [0.25, 0.3) is 0 Å². The van der Waals surface area contributed by atoms with Gasteiger partial charge in [-0.15, -0.1) is 0 Å². The maximum Gasteiger partial charge on any atom is 0.223 e. The van der Waals surface area contributed by atoms with Gasteiger partial charge in [-0.05, 0) is 18.4 Å². The lowest BCUT2D eigenvalue weighted by atomic mass is 9.87. The number of carbonyl (C=O) groups is 1. The highest BCUT2D eigenvalue weighted by atomic mass is 16.3. The SMILES string of the molecule is O=C(CCc1cnccn1)N1CC[C@@H](c2ccccc2)[C@H](O)C1. The zero-order valence-electron chi connectivity index (χ0n) is 13.0. The van der Waals surface area contributed by atoms with E-state index < -0.39 is 6.10 Å². The van der Waals surface area contributed by atoms with Gasteiger partial charge in [-0.2, -0.15) is 0 Å². The van der Waals surface area contributed by atoms with Crippen molar-refractivity contribution in [2.75, 3.05) is 13.1 Å². The van der Waals surface area contributed by atoms with E-state index in [1.54, 1.807) is 23.5 Å². The standard InChI is InChI=1S/C18H21N3O2/c22-17-13-21(11-8-16(17)14-4-2-1-3-5-14)18(23)7-6-15-12-19-9-10-20-15/h1-5,9-10,12,16-17,22H,6-8,11,13H2/t16-,17+/m0/s1. The van der Waals surface area contributed by atoms with Crippen molar-refractivity contribution in [1.82, 2.24) is 14.9 Å². The van der Waals surface area contributed by atoms with E-state index in [1.807, 2.05) is 30.3 Å². The Bertz CT molecular complexity index is 633. The second-order valence-corrected chi connectivity index (χ2v) is 5.91. The third kappa shape index (κ3) is 3.93. The molecule has 5 heteroatoms. The number of piperidine rings is 1. The number of rotatable bonds is 4. The quantitative estimate of drug-likeness (QED) is 0.935. The number of carbonyl (C=O) groups excluding carboxylic acids is 1. The monoisotopic (exact) mass is 311 g/mol. The number of benzene rings is 1. The summed E-state index contributed by atoms with van der Waals surface area (Å²) in [7, 11) is 0. The van der Waals surface area contributed by atoms with Crippen LogP contribution in [0.5, 0.6) is 0 Å². The average molecular weight is 311 g/mol. The van der Waals surface area contributed by atoms with Gasteiger partial charge in [-0.3, -0.25) is 14.8 Å². The predicted octanol–water partition coefficient (Wildman–Crippen LogP) is 1.79. The minimum absolute atomic E-state index is 0.0706. The maximum atomic E-state index is 12.3. The number of aryl methyl sites for hydroxylation is 1. The molecule has 1 saturated heterocycles. The Hall–Kier alpha value is -2.27. The van der Waals surface area contributed by atoms with Crippen LogP contribution < -0.4 is 0 Å². The Morgan fingerprint density at radius 2 is 2.09 bits per heavy atom. The zero-order chi connectivity index (χ0) is 16.1. The highest BCUT2D eigenvalue weighted by Gasteiger charge is 2.30. The van der Waals surface area contributed by atoms with Crippen LogP contribution >= 0.6 is 0 Å². The van der Waals surface area contributed by atoms with Crippen molar-refractivity contribution in [3.05, 3.63) is 60.2 Å². The second-order valence-electron chi connectivity index (χ2n) is 5.91. The topological polar surface area (TPSA) is 66.3 Å². The van der Waals surface area contributed by atoms with Gasteiger partial charge in [0.15, 0.2) is 0 Å². The second kappa shape index (κ2) is 7.33. The normalized spacial score (nSPS) is 21.2. The number of likely N-dealkylation sites (tertiary alicyclic amines) is 1. The fourth-order valence-corrected chi connectivity index (χ4v) is 3.10. The number of nitrogens with zero attached hydrogens (tertiary/aromatic N) is 3. The highest BCUT2D eigenvalue weighted by Crippen LogP contribution is 2.28. The number of aromatic nitrogens is 2. The molecule has 0 spiro atoms. The molecule has 1 amide bonds. The van der Waals surface area contributed by atoms with Gasteiger partial charge in [0, 0.05) is 44.0 Å². The van der Waals surface area contributed by atoms with Gasteiger partial charge in [-0.25, -0.2) is 0 Å². The summed E-state index contributed by atoms with van der Waals surface area (Å²) in [4.78, 5) is 22.3. The van der Waals surface area contributed by atoms with Crippen molar-refractivity contribution in [3.63, 3.8) is 0 Å². The maximum absolute atomic E-state index is 12.3. The summed E-state index contributed by atoms with van der Waals surface area (Å²) in [6, 6.07) is 10.0. The molecule has 0 unspecified atom stereocenters. The van der Waals surface area contributed by atoms with Crippen LogP contribution in [0.25, 0.3) is 0 Å². The largest absolute Gasteiger partial charge is 0.391 e. The van der Waals surface area contributed by atoms with Crippen LogP contribution in [0.15, 0.2) is 48.9 Å². The molecule has 1 fully saturated rings. The van der Waals surface area contributed by atoms with Crippen LogP contribution in [0, 0.1) is 0 Å². The van der Waals surface area contributed by atoms with Gasteiger partial charge < -0.3 is 10.0 Å². The van der Waals surface area contributed by atoms with E-state index >= 15 is 0 Å². The van der Waals surface area contributed by atoms with E-state index in [2.05, 4.69) is 9.97 Å². The molecule has 3 rings (SSSR count). The molecule has 1 aromatic heterocycles. The van der Waals surface area contributed by atoms with Crippen molar-refractivity contribution in [2.45, 2.75) is 31.3 Å².